The van der Waals surface area contributed by atoms with E-state index >= 15 is 0 Å². The molecule has 0 radical (unpaired) electrons. The second-order valence-corrected chi connectivity index (χ2v) is 18.6. The molecule has 394 valence electrons. The Bertz CT molecular complexity index is 1620. The highest BCUT2D eigenvalue weighted by molar-refractivity contribution is 7.47. The van der Waals surface area contributed by atoms with Crippen molar-refractivity contribution >= 4 is 19.8 Å². The third-order valence-corrected chi connectivity index (χ3v) is 12.0. The molecule has 0 aromatic carbocycles. The fourth-order valence-corrected chi connectivity index (χ4v) is 7.84. The Morgan fingerprint density at radius 3 is 1.71 bits per heavy atom. The van der Waals surface area contributed by atoms with Gasteiger partial charge in [0.25, 0.3) is 0 Å². The topological polar surface area (TPSA) is 270 Å². The number of esters is 2. The van der Waals surface area contributed by atoms with E-state index in [4.69, 9.17) is 18.5 Å². The molecule has 1 rings (SSSR count). The van der Waals surface area contributed by atoms with Crippen LogP contribution in [0.15, 0.2) is 97.2 Å². The van der Waals surface area contributed by atoms with Crippen LogP contribution in [0.25, 0.3) is 0 Å². The Morgan fingerprint density at radius 1 is 0.580 bits per heavy atom. The fourth-order valence-electron chi connectivity index (χ4n) is 6.87. The van der Waals surface area contributed by atoms with Crippen molar-refractivity contribution in [3.8, 4) is 0 Å². The Morgan fingerprint density at radius 2 is 1.10 bits per heavy atom. The third-order valence-electron chi connectivity index (χ3n) is 11.0. The molecular weight excluding hydrogens is 912 g/mol. The summed E-state index contributed by atoms with van der Waals surface area (Å²) in [7, 11) is -5.23. The standard InChI is InChI=1S/C52H85O16P/c1-3-5-7-8-9-10-11-12-13-14-15-16-17-18-19-20-21-22-27-31-37-45(56)65-39-42(40-66-69(63,64)68-52-50(61)48(59)47(58)49(60)51(52)62)67-46(57)38-32-36-44(55)43(54)35-30-26-24-23-25-29-34-41(53)33-28-6-4-2/h6,10-11,13-14,16-17,23-26,28-30,34-35,41-44,47-55,58-62H,3-5,7-9,12,15,18-22,27,31-33,36-40H2,1-2H3,(H,63,64)/b11-10-,14-13-,17-16-,25-23+,26-24-,28-6-,34-29+,35-30-/t41-,42+,43+,44+,47?,48-,49+,50+,51+,52?/m0/s1. The van der Waals surface area contributed by atoms with Gasteiger partial charge in [0.15, 0.2) is 6.10 Å². The molecule has 0 aromatic heterocycles. The summed E-state index contributed by atoms with van der Waals surface area (Å²) in [4.78, 5) is 35.8. The van der Waals surface area contributed by atoms with Crippen molar-refractivity contribution in [3.63, 3.8) is 0 Å². The lowest BCUT2D eigenvalue weighted by Crippen LogP contribution is -2.64. The first-order chi connectivity index (χ1) is 33.1. The molecule has 17 heteroatoms. The summed E-state index contributed by atoms with van der Waals surface area (Å²) in [6.45, 7) is 2.79. The maximum absolute atomic E-state index is 12.9. The number of rotatable bonds is 39. The van der Waals surface area contributed by atoms with Crippen LogP contribution in [0, 0.1) is 0 Å². The largest absolute Gasteiger partial charge is 0.472 e. The van der Waals surface area contributed by atoms with Crippen molar-refractivity contribution in [2.75, 3.05) is 13.2 Å². The van der Waals surface area contributed by atoms with Crippen molar-refractivity contribution in [2.45, 2.75) is 203 Å². The lowest BCUT2D eigenvalue weighted by Gasteiger charge is -2.41. The predicted molar refractivity (Wildman–Crippen MR) is 266 cm³/mol. The highest BCUT2D eigenvalue weighted by Crippen LogP contribution is 2.47. The van der Waals surface area contributed by atoms with Crippen molar-refractivity contribution in [1.29, 1.82) is 0 Å². The zero-order valence-electron chi connectivity index (χ0n) is 40.9. The van der Waals surface area contributed by atoms with Crippen LogP contribution in [-0.2, 0) is 32.7 Å². The summed E-state index contributed by atoms with van der Waals surface area (Å²) in [5.41, 5.74) is 0. The molecule has 0 aliphatic heterocycles. The summed E-state index contributed by atoms with van der Waals surface area (Å²) in [6, 6.07) is 0. The molecule has 0 spiro atoms. The average Bonchev–Trinajstić information content (AvgIpc) is 3.32. The number of aliphatic hydroxyl groups is 8. The second-order valence-electron chi connectivity index (χ2n) is 17.1. The maximum atomic E-state index is 12.9. The Balaban J connectivity index is 2.58. The van der Waals surface area contributed by atoms with Crippen LogP contribution >= 0.6 is 7.82 Å². The fraction of sp³-hybridized carbons (Fsp3) is 0.654. The number of ether oxygens (including phenoxy) is 2. The van der Waals surface area contributed by atoms with E-state index in [1.165, 1.54) is 37.8 Å². The maximum Gasteiger partial charge on any atom is 0.472 e. The predicted octanol–water partition coefficient (Wildman–Crippen LogP) is 7.14. The Kier molecular flexibility index (Phi) is 37.2. The normalized spacial score (nSPS) is 23.1. The van der Waals surface area contributed by atoms with Gasteiger partial charge in [0, 0.05) is 12.8 Å². The van der Waals surface area contributed by atoms with Gasteiger partial charge in [-0.2, -0.15) is 0 Å². The van der Waals surface area contributed by atoms with Gasteiger partial charge in [-0.1, -0.05) is 156 Å². The van der Waals surface area contributed by atoms with E-state index in [0.717, 1.165) is 64.2 Å². The first-order valence-corrected chi connectivity index (χ1v) is 26.4. The van der Waals surface area contributed by atoms with Crippen LogP contribution in [0.5, 0.6) is 0 Å². The zero-order valence-corrected chi connectivity index (χ0v) is 41.8. The smallest absolute Gasteiger partial charge is 0.462 e. The number of phosphoric ester groups is 1. The van der Waals surface area contributed by atoms with Gasteiger partial charge in [-0.3, -0.25) is 18.6 Å². The zero-order chi connectivity index (χ0) is 51.1. The molecule has 3 unspecified atom stereocenters. The molecule has 69 heavy (non-hydrogen) atoms. The van der Waals surface area contributed by atoms with E-state index in [2.05, 4.69) is 43.4 Å². The summed E-state index contributed by atoms with van der Waals surface area (Å²) in [5.74, 6) is -1.46. The molecular formula is C52H85O16P. The summed E-state index contributed by atoms with van der Waals surface area (Å²) < 4.78 is 33.3. The molecule has 0 amide bonds. The molecule has 1 aliphatic rings. The number of carbonyl (C=O) groups is 2. The van der Waals surface area contributed by atoms with E-state index in [9.17, 15) is 59.9 Å². The van der Waals surface area contributed by atoms with Gasteiger partial charge in [0.2, 0.25) is 0 Å². The number of allylic oxidation sites excluding steroid dienone is 13. The van der Waals surface area contributed by atoms with E-state index < -0.39 is 94.0 Å². The Labute approximate surface area is 410 Å². The third kappa shape index (κ3) is 32.3. The number of carbonyl (C=O) groups excluding carboxylic acids is 2. The number of hydrogen-bond donors (Lipinski definition) is 9. The minimum Gasteiger partial charge on any atom is -0.462 e. The molecule has 0 saturated heterocycles. The van der Waals surface area contributed by atoms with Gasteiger partial charge in [0.05, 0.1) is 24.9 Å². The SMILES string of the molecule is CC/C=C\C[C@H](O)/C=C/C=C/C=C\C=C/[C@@H](O)[C@H](O)CCCC(=O)O[C@H](COC(=O)CCCCCCCC/C=C\C/C=C\C/C=C\CCCCCC)COP(=O)(O)OC1[C@H](O)[C@H](O)C(O)[C@H](O)[C@H]1O. The molecule has 1 saturated carbocycles. The van der Waals surface area contributed by atoms with Crippen molar-refractivity contribution in [1.82, 2.24) is 0 Å². The Hall–Kier alpha value is -3.35. The van der Waals surface area contributed by atoms with Gasteiger partial charge in [-0.15, -0.1) is 0 Å². The summed E-state index contributed by atoms with van der Waals surface area (Å²) in [6.07, 6.45) is 29.3. The number of unbranched alkanes of at least 4 members (excludes halogenated alkanes) is 10. The first kappa shape index (κ1) is 63.7. The van der Waals surface area contributed by atoms with Crippen molar-refractivity contribution in [2.24, 2.45) is 0 Å². The van der Waals surface area contributed by atoms with Crippen LogP contribution < -0.4 is 0 Å². The molecule has 11 atom stereocenters. The highest BCUT2D eigenvalue weighted by Gasteiger charge is 2.51. The minimum absolute atomic E-state index is 0.00821. The minimum atomic E-state index is -5.23. The summed E-state index contributed by atoms with van der Waals surface area (Å²) >= 11 is 0. The van der Waals surface area contributed by atoms with E-state index in [-0.39, 0.29) is 25.7 Å². The quantitative estimate of drug-likeness (QED) is 0.00974. The van der Waals surface area contributed by atoms with Crippen molar-refractivity contribution in [3.05, 3.63) is 97.2 Å². The van der Waals surface area contributed by atoms with E-state index in [1.54, 1.807) is 36.5 Å². The van der Waals surface area contributed by atoms with E-state index in [0.29, 0.717) is 12.8 Å². The summed E-state index contributed by atoms with van der Waals surface area (Å²) in [5, 5.41) is 80.8. The lowest BCUT2D eigenvalue weighted by molar-refractivity contribution is -0.220. The molecule has 0 aromatic rings. The highest BCUT2D eigenvalue weighted by atomic mass is 31.2. The van der Waals surface area contributed by atoms with E-state index in [1.807, 2.05) is 19.1 Å². The van der Waals surface area contributed by atoms with Crippen LogP contribution in [-0.4, -0.2) is 132 Å². The van der Waals surface area contributed by atoms with Gasteiger partial charge in [0.1, 0.15) is 43.2 Å². The first-order valence-electron chi connectivity index (χ1n) is 24.9. The number of aliphatic hydroxyl groups excluding tert-OH is 8. The van der Waals surface area contributed by atoms with Crippen LogP contribution in [0.3, 0.4) is 0 Å². The molecule has 0 bridgehead atoms. The number of hydrogen-bond acceptors (Lipinski definition) is 15. The van der Waals surface area contributed by atoms with Gasteiger partial charge < -0.3 is 55.2 Å². The van der Waals surface area contributed by atoms with Crippen LogP contribution in [0.4, 0.5) is 0 Å². The molecule has 16 nitrogen and oxygen atoms in total. The second kappa shape index (κ2) is 40.3. The molecule has 0 heterocycles. The van der Waals surface area contributed by atoms with Gasteiger partial charge in [-0.25, -0.2) is 4.57 Å². The lowest BCUT2D eigenvalue weighted by atomic mass is 9.85. The van der Waals surface area contributed by atoms with Crippen LogP contribution in [0.1, 0.15) is 142 Å². The molecule has 1 fully saturated rings. The number of phosphoric acid groups is 1. The van der Waals surface area contributed by atoms with Gasteiger partial charge in [-0.05, 0) is 70.6 Å². The van der Waals surface area contributed by atoms with Crippen molar-refractivity contribution < 1.29 is 78.4 Å². The molecule has 9 N–H and O–H groups in total. The average molecular weight is 997 g/mol. The van der Waals surface area contributed by atoms with Crippen LogP contribution in [0.2, 0.25) is 0 Å². The van der Waals surface area contributed by atoms with Gasteiger partial charge >= 0.3 is 19.8 Å². The molecule has 1 aliphatic carbocycles. The monoisotopic (exact) mass is 997 g/mol.